The van der Waals surface area contributed by atoms with Crippen LogP contribution in [0.25, 0.3) is 0 Å². The first-order valence-electron chi connectivity index (χ1n) is 6.27. The van der Waals surface area contributed by atoms with Crippen LogP contribution in [0.3, 0.4) is 0 Å². The molecular weight excluding hydrogens is 252 g/mol. The van der Waals surface area contributed by atoms with Crippen molar-refractivity contribution >= 4 is 11.6 Å². The number of methoxy groups -OCH3 is 1. The van der Waals surface area contributed by atoms with Gasteiger partial charge in [0.2, 0.25) is 11.7 Å². The van der Waals surface area contributed by atoms with Gasteiger partial charge in [-0.2, -0.15) is 4.39 Å². The second-order valence-corrected chi connectivity index (χ2v) is 3.06. The van der Waals surface area contributed by atoms with Gasteiger partial charge in [0.15, 0.2) is 11.6 Å². The van der Waals surface area contributed by atoms with Gasteiger partial charge in [0, 0.05) is 18.6 Å². The van der Waals surface area contributed by atoms with E-state index in [4.69, 9.17) is 0 Å². The largest absolute Gasteiger partial charge is 0.493 e. The second-order valence-electron chi connectivity index (χ2n) is 3.06. The molecule has 0 atom stereocenters. The number of hydrogen-bond acceptors (Lipinski definition) is 2. The molecule has 1 aromatic rings. The van der Waals surface area contributed by atoms with E-state index in [1.807, 2.05) is 27.7 Å². The van der Waals surface area contributed by atoms with Gasteiger partial charge in [-0.3, -0.25) is 4.79 Å². The van der Waals surface area contributed by atoms with Gasteiger partial charge in [0.25, 0.3) is 0 Å². The van der Waals surface area contributed by atoms with Crippen LogP contribution in [-0.4, -0.2) is 13.0 Å². The van der Waals surface area contributed by atoms with Crippen LogP contribution in [0.1, 0.15) is 40.2 Å². The van der Waals surface area contributed by atoms with Crippen molar-refractivity contribution in [2.75, 3.05) is 12.4 Å². The molecule has 110 valence electrons. The third kappa shape index (κ3) is 5.68. The summed E-state index contributed by atoms with van der Waals surface area (Å²) in [5, 5.41) is 2.39. The fraction of sp³-hybridized carbons (Fsp3) is 0.500. The van der Waals surface area contributed by atoms with Crippen molar-refractivity contribution < 1.29 is 18.3 Å². The Morgan fingerprint density at radius 3 is 2.00 bits per heavy atom. The molecule has 0 aliphatic heterocycles. The average molecular weight is 275 g/mol. The lowest BCUT2D eigenvalue weighted by Gasteiger charge is -2.11. The van der Waals surface area contributed by atoms with Crippen molar-refractivity contribution in [3.63, 3.8) is 0 Å². The van der Waals surface area contributed by atoms with Gasteiger partial charge in [0.05, 0.1) is 12.8 Å². The molecule has 1 rings (SSSR count). The maximum absolute atomic E-state index is 13.3. The van der Waals surface area contributed by atoms with Crippen LogP contribution in [0.15, 0.2) is 6.07 Å². The maximum atomic E-state index is 13.3. The van der Waals surface area contributed by atoms with E-state index in [1.54, 1.807) is 0 Å². The minimum absolute atomic E-state index is 0.0449. The lowest BCUT2D eigenvalue weighted by atomic mass is 10.1. The van der Waals surface area contributed by atoms with E-state index >= 15 is 0 Å². The van der Waals surface area contributed by atoms with Crippen molar-refractivity contribution in [1.82, 2.24) is 0 Å². The summed E-state index contributed by atoms with van der Waals surface area (Å²) in [5.74, 6) is -2.66. The molecule has 1 amide bonds. The van der Waals surface area contributed by atoms with Crippen LogP contribution in [0.2, 0.25) is 0 Å². The number of benzene rings is 1. The first kappa shape index (κ1) is 19.7. The van der Waals surface area contributed by atoms with E-state index in [1.165, 1.54) is 27.0 Å². The maximum Gasteiger partial charge on any atom is 0.221 e. The molecule has 0 aliphatic carbocycles. The first-order chi connectivity index (χ1) is 8.97. The molecule has 0 saturated heterocycles. The lowest BCUT2D eigenvalue weighted by Crippen LogP contribution is -2.09. The second kappa shape index (κ2) is 10.3. The number of ether oxygens (including phenoxy) is 1. The molecule has 5 heteroatoms. The molecule has 0 fully saturated rings. The van der Waals surface area contributed by atoms with E-state index in [2.05, 4.69) is 10.1 Å². The van der Waals surface area contributed by atoms with Crippen molar-refractivity contribution in [2.45, 2.75) is 41.5 Å². The van der Waals surface area contributed by atoms with Crippen molar-refractivity contribution in [2.24, 2.45) is 0 Å². The van der Waals surface area contributed by atoms with Gasteiger partial charge in [0.1, 0.15) is 0 Å². The smallest absolute Gasteiger partial charge is 0.221 e. The number of halogens is 2. The van der Waals surface area contributed by atoms with Crippen LogP contribution < -0.4 is 10.1 Å². The highest BCUT2D eigenvalue weighted by Crippen LogP contribution is 2.29. The summed E-state index contributed by atoms with van der Waals surface area (Å²) >= 11 is 0. The highest BCUT2D eigenvalue weighted by molar-refractivity contribution is 5.89. The van der Waals surface area contributed by atoms with Crippen LogP contribution in [0.5, 0.6) is 5.75 Å². The predicted molar refractivity (Wildman–Crippen MR) is 74.6 cm³/mol. The number of carbonyl (C=O) groups is 1. The summed E-state index contributed by atoms with van der Waals surface area (Å²) in [6.45, 7) is 10.7. The highest BCUT2D eigenvalue weighted by atomic mass is 19.2. The standard InChI is InChI=1S/C10H11F2NO2.2C2H6/c1-5-7(13-6(2)14)4-8(15-3)10(12)9(5)11;2*1-2/h4H,1-3H3,(H,13,14);2*1-2H3. The minimum atomic E-state index is -1.05. The zero-order chi connectivity index (χ0) is 15.6. The SMILES string of the molecule is CC.CC.COc1cc(NC(C)=O)c(C)c(F)c1F. The Kier molecular flexibility index (Phi) is 10.7. The Hall–Kier alpha value is -1.65. The molecule has 0 spiro atoms. The Morgan fingerprint density at radius 2 is 1.63 bits per heavy atom. The third-order valence-corrected chi connectivity index (χ3v) is 1.95. The number of hydrogen-bond donors (Lipinski definition) is 1. The molecule has 0 aromatic heterocycles. The van der Waals surface area contributed by atoms with E-state index in [0.29, 0.717) is 0 Å². The van der Waals surface area contributed by atoms with Crippen molar-refractivity contribution in [3.8, 4) is 5.75 Å². The molecule has 0 saturated carbocycles. The molecule has 0 unspecified atom stereocenters. The zero-order valence-corrected chi connectivity index (χ0v) is 12.6. The Balaban J connectivity index is 0. The first-order valence-corrected chi connectivity index (χ1v) is 6.27. The number of amides is 1. The van der Waals surface area contributed by atoms with E-state index in [9.17, 15) is 13.6 Å². The van der Waals surface area contributed by atoms with Gasteiger partial charge >= 0.3 is 0 Å². The summed E-state index contributed by atoms with van der Waals surface area (Å²) in [4.78, 5) is 10.8. The van der Waals surface area contributed by atoms with Crippen molar-refractivity contribution in [3.05, 3.63) is 23.3 Å². The van der Waals surface area contributed by atoms with Gasteiger partial charge in [-0.15, -0.1) is 0 Å². The van der Waals surface area contributed by atoms with Gasteiger partial charge in [-0.25, -0.2) is 4.39 Å². The summed E-state index contributed by atoms with van der Waals surface area (Å²) in [6.07, 6.45) is 0. The van der Waals surface area contributed by atoms with Crippen LogP contribution >= 0.6 is 0 Å². The number of carbonyl (C=O) groups excluding carboxylic acids is 1. The summed E-state index contributed by atoms with van der Waals surface area (Å²) in [6, 6.07) is 1.25. The topological polar surface area (TPSA) is 38.3 Å². The minimum Gasteiger partial charge on any atom is -0.493 e. The average Bonchev–Trinajstić information content (AvgIpc) is 2.43. The van der Waals surface area contributed by atoms with E-state index in [0.717, 1.165) is 0 Å². The highest BCUT2D eigenvalue weighted by Gasteiger charge is 2.16. The van der Waals surface area contributed by atoms with Gasteiger partial charge in [-0.05, 0) is 6.92 Å². The fourth-order valence-electron chi connectivity index (χ4n) is 1.16. The molecule has 1 N–H and O–H groups in total. The Bertz CT molecular complexity index is 407. The fourth-order valence-corrected chi connectivity index (χ4v) is 1.16. The van der Waals surface area contributed by atoms with E-state index < -0.39 is 11.6 Å². The molecule has 0 heterocycles. The quantitative estimate of drug-likeness (QED) is 0.874. The predicted octanol–water partition coefficient (Wildman–Crippen LogP) is 4.29. The molecule has 1 aromatic carbocycles. The zero-order valence-electron chi connectivity index (χ0n) is 12.6. The van der Waals surface area contributed by atoms with Crippen molar-refractivity contribution in [1.29, 1.82) is 0 Å². The third-order valence-electron chi connectivity index (χ3n) is 1.95. The molecule has 0 aliphatic rings. The summed E-state index contributed by atoms with van der Waals surface area (Å²) in [7, 11) is 1.23. The number of anilines is 1. The van der Waals surface area contributed by atoms with Crippen LogP contribution in [0, 0.1) is 18.6 Å². The van der Waals surface area contributed by atoms with Gasteiger partial charge in [-0.1, -0.05) is 27.7 Å². The lowest BCUT2D eigenvalue weighted by molar-refractivity contribution is -0.114. The normalized spacial score (nSPS) is 8.47. The molecular formula is C14H23F2NO2. The molecule has 3 nitrogen and oxygen atoms in total. The Morgan fingerprint density at radius 1 is 1.16 bits per heavy atom. The molecule has 19 heavy (non-hydrogen) atoms. The summed E-state index contributed by atoms with van der Waals surface area (Å²) < 4.78 is 31.1. The monoisotopic (exact) mass is 275 g/mol. The van der Waals surface area contributed by atoms with E-state index in [-0.39, 0.29) is 22.9 Å². The van der Waals surface area contributed by atoms with Gasteiger partial charge < -0.3 is 10.1 Å². The number of nitrogens with one attached hydrogen (secondary N) is 1. The Labute approximate surface area is 114 Å². The van der Waals surface area contributed by atoms with Crippen LogP contribution in [-0.2, 0) is 4.79 Å². The molecule has 0 bridgehead atoms. The summed E-state index contributed by atoms with van der Waals surface area (Å²) in [5.41, 5.74) is 0.252. The molecule has 0 radical (unpaired) electrons. The number of rotatable bonds is 2. The van der Waals surface area contributed by atoms with Crippen LogP contribution in [0.4, 0.5) is 14.5 Å².